The van der Waals surface area contributed by atoms with E-state index in [0.717, 1.165) is 33.5 Å². The summed E-state index contributed by atoms with van der Waals surface area (Å²) >= 11 is 0. The molecule has 30 heavy (non-hydrogen) atoms. The zero-order valence-electron chi connectivity index (χ0n) is 18.0. The van der Waals surface area contributed by atoms with E-state index in [-0.39, 0.29) is 5.92 Å². The van der Waals surface area contributed by atoms with Crippen LogP contribution in [0.1, 0.15) is 7.79 Å². The number of aliphatic imine (C=N–C) groups is 2. The highest BCUT2D eigenvalue weighted by atomic mass is 16.5. The zero-order chi connectivity index (χ0) is 21.4. The van der Waals surface area contributed by atoms with Gasteiger partial charge >= 0.3 is 0 Å². The Morgan fingerprint density at radius 3 is 2.53 bits per heavy atom. The molecule has 8 bridgehead atoms. The van der Waals surface area contributed by atoms with E-state index in [1.165, 1.54) is 0 Å². The molecule has 1 aromatic rings. The van der Waals surface area contributed by atoms with Gasteiger partial charge in [-0.15, -0.1) is 0 Å². The maximum atomic E-state index is 8.86. The molecule has 0 aliphatic carbocycles. The number of hydrogen-bond acceptors (Lipinski definition) is 5. The minimum atomic E-state index is -0.885. The van der Waals surface area contributed by atoms with Crippen molar-refractivity contribution < 1.29 is 10.8 Å². The lowest BCUT2D eigenvalue weighted by Gasteiger charge is -2.32. The maximum absolute atomic E-state index is 8.86. The molecule has 5 rings (SSSR count). The van der Waals surface area contributed by atoms with Crippen molar-refractivity contribution in [2.24, 2.45) is 15.9 Å². The molecule has 0 fully saturated rings. The van der Waals surface area contributed by atoms with Crippen molar-refractivity contribution in [1.82, 2.24) is 10.3 Å². The third-order valence-electron chi connectivity index (χ3n) is 5.48. The van der Waals surface area contributed by atoms with Crippen LogP contribution >= 0.6 is 0 Å². The largest absolute Gasteiger partial charge is 0.385 e. The molecule has 2 N–H and O–H groups in total. The standard InChI is InChI=1S/C24H24N4O2/c1-29-10-9-16-11-23-14-21-6-5-18(26-21)12-17-3-4-19(25-17)13-20-7-8-22(27-20)15-24(16,28-23)30-2/h3-8,11-16,26,28H,9-10H2,1-2H3/b18-12-,19-13-,21-14-,22-15-/i11D. The number of H-pyrrole nitrogens is 1. The van der Waals surface area contributed by atoms with Crippen molar-refractivity contribution in [1.29, 1.82) is 0 Å². The number of ether oxygens (including phenoxy) is 2. The molecule has 0 spiro atoms. The predicted molar refractivity (Wildman–Crippen MR) is 119 cm³/mol. The highest BCUT2D eigenvalue weighted by Gasteiger charge is 2.41. The van der Waals surface area contributed by atoms with Crippen LogP contribution in [0.3, 0.4) is 0 Å². The first-order valence-corrected chi connectivity index (χ1v) is 9.98. The van der Waals surface area contributed by atoms with Gasteiger partial charge in [-0.25, -0.2) is 9.98 Å². The van der Waals surface area contributed by atoms with Crippen molar-refractivity contribution in [2.45, 2.75) is 12.1 Å². The first-order valence-electron chi connectivity index (χ1n) is 10.5. The Hall–Kier alpha value is -3.22. The van der Waals surface area contributed by atoms with Crippen LogP contribution < -0.4 is 16.0 Å². The van der Waals surface area contributed by atoms with Gasteiger partial charge < -0.3 is 19.8 Å². The normalized spacial score (nSPS) is 32.7. The molecule has 4 aliphatic rings. The average Bonchev–Trinajstić information content (AvgIpc) is 3.53. The molecule has 2 unspecified atom stereocenters. The number of aromatic amines is 1. The second kappa shape index (κ2) is 7.55. The quantitative estimate of drug-likeness (QED) is 0.809. The first-order chi connectivity index (χ1) is 15.1. The van der Waals surface area contributed by atoms with Gasteiger partial charge in [0.2, 0.25) is 0 Å². The lowest BCUT2D eigenvalue weighted by Crippen LogP contribution is -2.46. The topological polar surface area (TPSA) is 71.0 Å². The number of aromatic nitrogens is 1. The van der Waals surface area contributed by atoms with Crippen LogP contribution in [0.15, 0.2) is 81.7 Å². The van der Waals surface area contributed by atoms with E-state index in [1.54, 1.807) is 14.2 Å². The molecule has 0 radical (unpaired) electrons. The van der Waals surface area contributed by atoms with Crippen LogP contribution in [0.25, 0.3) is 12.2 Å². The van der Waals surface area contributed by atoms with Gasteiger partial charge in [-0.3, -0.25) is 0 Å². The van der Waals surface area contributed by atoms with Gasteiger partial charge in [0.1, 0.15) is 0 Å². The lowest BCUT2D eigenvalue weighted by molar-refractivity contribution is -0.0201. The fraction of sp³-hybridized carbons (Fsp3) is 0.250. The van der Waals surface area contributed by atoms with E-state index in [4.69, 9.17) is 15.8 Å². The Labute approximate surface area is 176 Å². The van der Waals surface area contributed by atoms with Gasteiger partial charge in [-0.2, -0.15) is 0 Å². The van der Waals surface area contributed by atoms with E-state index in [2.05, 4.69) is 15.3 Å². The van der Waals surface area contributed by atoms with Crippen molar-refractivity contribution in [2.75, 3.05) is 20.8 Å². The summed E-state index contributed by atoms with van der Waals surface area (Å²) < 4.78 is 20.2. The number of rotatable bonds is 4. The van der Waals surface area contributed by atoms with Crippen LogP contribution in [0.2, 0.25) is 0 Å². The summed E-state index contributed by atoms with van der Waals surface area (Å²) in [5.41, 5.74) is 3.18. The van der Waals surface area contributed by atoms with Crippen molar-refractivity contribution in [3.05, 3.63) is 82.4 Å². The number of methoxy groups -OCH3 is 2. The monoisotopic (exact) mass is 401 g/mol. The summed E-state index contributed by atoms with van der Waals surface area (Å²) in [5, 5.41) is 5.30. The predicted octanol–water partition coefficient (Wildman–Crippen LogP) is 1.86. The third kappa shape index (κ3) is 3.56. The molecule has 0 aromatic carbocycles. The SMILES string of the molecule is [2H]C1=C2/C=c3/cc/c([nH]3)=C/C3=NC(=C\C4=NC(=C\C(OC)(N2)C1CCOC)/C=C4)/C=C3. The number of nitrogens with zero attached hydrogens (tertiary/aromatic N) is 2. The number of hydrogen-bond donors (Lipinski definition) is 2. The molecule has 6 heteroatoms. The zero-order valence-corrected chi connectivity index (χ0v) is 17.0. The van der Waals surface area contributed by atoms with Gasteiger partial charge in [-0.05, 0) is 67.2 Å². The molecule has 0 saturated heterocycles. The Morgan fingerprint density at radius 1 is 1.00 bits per heavy atom. The van der Waals surface area contributed by atoms with Crippen LogP contribution in [0.4, 0.5) is 0 Å². The second-order valence-electron chi connectivity index (χ2n) is 7.55. The van der Waals surface area contributed by atoms with Crippen molar-refractivity contribution >= 4 is 23.6 Å². The Balaban J connectivity index is 1.69. The van der Waals surface area contributed by atoms with Gasteiger partial charge in [0.15, 0.2) is 5.72 Å². The summed E-state index contributed by atoms with van der Waals surface area (Å²) in [6, 6.07) is 4.48. The highest BCUT2D eigenvalue weighted by molar-refractivity contribution is 6.19. The fourth-order valence-electron chi connectivity index (χ4n) is 4.01. The smallest absolute Gasteiger partial charge is 0.166 e. The Kier molecular flexibility index (Phi) is 4.44. The maximum Gasteiger partial charge on any atom is 0.166 e. The number of nitrogens with one attached hydrogen (secondary N) is 2. The minimum absolute atomic E-state index is 0.219. The van der Waals surface area contributed by atoms with E-state index in [0.29, 0.717) is 24.8 Å². The van der Waals surface area contributed by atoms with Gasteiger partial charge in [0, 0.05) is 43.1 Å². The summed E-state index contributed by atoms with van der Waals surface area (Å²) in [6.07, 6.45) is 16.4. The summed E-state index contributed by atoms with van der Waals surface area (Å²) in [7, 11) is 3.33. The molecule has 6 nitrogen and oxygen atoms in total. The molecular weight excluding hydrogens is 376 g/mol. The fourth-order valence-corrected chi connectivity index (χ4v) is 4.01. The summed E-state index contributed by atoms with van der Waals surface area (Å²) in [4.78, 5) is 12.8. The van der Waals surface area contributed by atoms with E-state index < -0.39 is 5.72 Å². The van der Waals surface area contributed by atoms with E-state index in [1.807, 2.05) is 60.7 Å². The molecular formula is C24H24N4O2. The minimum Gasteiger partial charge on any atom is -0.385 e. The van der Waals surface area contributed by atoms with Crippen LogP contribution in [-0.2, 0) is 9.47 Å². The highest BCUT2D eigenvalue weighted by Crippen LogP contribution is 2.34. The number of allylic oxidation sites excluding steroid dienone is 6. The van der Waals surface area contributed by atoms with Gasteiger partial charge in [-0.1, -0.05) is 6.05 Å². The van der Waals surface area contributed by atoms with Crippen LogP contribution in [0, 0.1) is 5.92 Å². The van der Waals surface area contributed by atoms with E-state index >= 15 is 0 Å². The first kappa shape index (κ1) is 17.6. The number of fused-ring (bicyclic) bond motifs is 6. The van der Waals surface area contributed by atoms with Crippen molar-refractivity contribution in [3.63, 3.8) is 0 Å². The molecule has 0 saturated carbocycles. The van der Waals surface area contributed by atoms with Crippen LogP contribution in [0.5, 0.6) is 0 Å². The van der Waals surface area contributed by atoms with Crippen molar-refractivity contribution in [3.8, 4) is 0 Å². The van der Waals surface area contributed by atoms with Gasteiger partial charge in [0.05, 0.1) is 24.2 Å². The molecule has 1 aromatic heterocycles. The second-order valence-corrected chi connectivity index (χ2v) is 7.55. The summed E-state index contributed by atoms with van der Waals surface area (Å²) in [6.45, 7) is 0.529. The lowest BCUT2D eigenvalue weighted by atomic mass is 9.93. The van der Waals surface area contributed by atoms with Gasteiger partial charge in [0.25, 0.3) is 0 Å². The molecule has 0 amide bonds. The third-order valence-corrected chi connectivity index (χ3v) is 5.48. The summed E-state index contributed by atoms with van der Waals surface area (Å²) in [5.74, 6) is -0.219. The molecule has 4 aliphatic heterocycles. The molecule has 2 atom stereocenters. The average molecular weight is 401 g/mol. The van der Waals surface area contributed by atoms with Crippen LogP contribution in [-0.4, -0.2) is 43.0 Å². The Morgan fingerprint density at radius 2 is 1.73 bits per heavy atom. The molecule has 5 heterocycles. The molecule has 152 valence electrons. The Bertz CT molecular complexity index is 1260. The van der Waals surface area contributed by atoms with E-state index in [9.17, 15) is 0 Å².